The number of rotatable bonds is 3. The molecule has 2 N–H and O–H groups in total. The zero-order valence-electron chi connectivity index (χ0n) is 12.4. The van der Waals surface area contributed by atoms with Gasteiger partial charge in [0.05, 0.1) is 0 Å². The fourth-order valence-electron chi connectivity index (χ4n) is 4.36. The van der Waals surface area contributed by atoms with E-state index in [4.69, 9.17) is 0 Å². The van der Waals surface area contributed by atoms with E-state index in [0.717, 1.165) is 12.3 Å². The summed E-state index contributed by atoms with van der Waals surface area (Å²) in [6.45, 7) is 8.96. The predicted octanol–water partition coefficient (Wildman–Crippen LogP) is 3.44. The Morgan fingerprint density at radius 2 is 0.889 bits per heavy atom. The quantitative estimate of drug-likeness (QED) is 0.783. The standard InChI is InChI=1S/C14H32O2P2/c1-11-5-6-12(2)17(11,15)9-10-18(16)13(3)7-8-14(18)4/h11-18H,5-10H2,1-4H3. The molecule has 2 fully saturated rings. The summed E-state index contributed by atoms with van der Waals surface area (Å²) in [4.78, 5) is 22.1. The van der Waals surface area contributed by atoms with Gasteiger partial charge in [0.1, 0.15) is 0 Å². The van der Waals surface area contributed by atoms with Crippen LogP contribution in [0.4, 0.5) is 0 Å². The molecule has 2 heterocycles. The van der Waals surface area contributed by atoms with Crippen LogP contribution in [0.25, 0.3) is 0 Å². The second-order valence-electron chi connectivity index (χ2n) is 7.24. The summed E-state index contributed by atoms with van der Waals surface area (Å²) in [5, 5.41) is 0. The molecule has 0 aromatic rings. The van der Waals surface area contributed by atoms with Crippen molar-refractivity contribution in [2.24, 2.45) is 0 Å². The summed E-state index contributed by atoms with van der Waals surface area (Å²) in [5.74, 6) is 0. The molecule has 2 aliphatic rings. The molecule has 0 aromatic heterocycles. The molecule has 0 amide bonds. The maximum atomic E-state index is 11.0. The SMILES string of the molecule is CC1CCC(C)[PH]1(O)CC[PH]1(O)C(C)CCC1C. The predicted molar refractivity (Wildman–Crippen MR) is 87.1 cm³/mol. The van der Waals surface area contributed by atoms with Gasteiger partial charge >= 0.3 is 113 Å². The van der Waals surface area contributed by atoms with Crippen LogP contribution in [-0.4, -0.2) is 44.7 Å². The normalized spacial score (nSPS) is 45.9. The molecule has 2 aliphatic heterocycles. The van der Waals surface area contributed by atoms with E-state index in [1.165, 1.54) is 25.7 Å². The van der Waals surface area contributed by atoms with Crippen LogP contribution in [0.1, 0.15) is 53.4 Å². The summed E-state index contributed by atoms with van der Waals surface area (Å²) in [5.41, 5.74) is 2.16. The first-order valence-corrected chi connectivity index (χ1v) is 12.4. The second-order valence-corrected chi connectivity index (χ2v) is 16.1. The summed E-state index contributed by atoms with van der Waals surface area (Å²) in [6.07, 6.45) is 6.74. The maximum absolute atomic E-state index is 11.0. The Hall–Kier alpha value is 0.780. The first-order valence-electron chi connectivity index (χ1n) is 7.75. The van der Waals surface area contributed by atoms with Gasteiger partial charge in [-0.3, -0.25) is 0 Å². The second kappa shape index (κ2) is 5.28. The summed E-state index contributed by atoms with van der Waals surface area (Å²) in [6, 6.07) is 0. The van der Waals surface area contributed by atoms with Crippen molar-refractivity contribution < 1.29 is 9.79 Å². The van der Waals surface area contributed by atoms with E-state index in [1.807, 2.05) is 0 Å². The van der Waals surface area contributed by atoms with E-state index in [1.54, 1.807) is 0 Å². The van der Waals surface area contributed by atoms with Crippen molar-refractivity contribution >= 4 is 15.0 Å². The molecule has 0 spiro atoms. The van der Waals surface area contributed by atoms with Crippen LogP contribution in [0, 0.1) is 0 Å². The van der Waals surface area contributed by atoms with Gasteiger partial charge in [-0.1, -0.05) is 0 Å². The summed E-state index contributed by atoms with van der Waals surface area (Å²) < 4.78 is 0. The minimum absolute atomic E-state index is 0.539. The van der Waals surface area contributed by atoms with Gasteiger partial charge in [0, 0.05) is 0 Å². The van der Waals surface area contributed by atoms with Crippen LogP contribution in [-0.2, 0) is 0 Å². The molecule has 0 aliphatic carbocycles. The summed E-state index contributed by atoms with van der Waals surface area (Å²) >= 11 is 0. The van der Waals surface area contributed by atoms with Crippen molar-refractivity contribution in [3.8, 4) is 0 Å². The van der Waals surface area contributed by atoms with Crippen LogP contribution in [0.2, 0.25) is 0 Å². The average Bonchev–Trinajstić information content (AvgIpc) is 2.74. The van der Waals surface area contributed by atoms with Gasteiger partial charge < -0.3 is 0 Å². The van der Waals surface area contributed by atoms with Gasteiger partial charge in [-0.15, -0.1) is 0 Å². The Morgan fingerprint density at radius 1 is 0.667 bits per heavy atom. The van der Waals surface area contributed by atoms with Crippen LogP contribution in [0.5, 0.6) is 0 Å². The van der Waals surface area contributed by atoms with Gasteiger partial charge in [0.15, 0.2) is 0 Å². The Labute approximate surface area is 113 Å². The fourth-order valence-corrected chi connectivity index (χ4v) is 14.1. The molecule has 4 unspecified atom stereocenters. The molecular formula is C14H32O2P2. The Kier molecular flexibility index (Phi) is 4.45. The Bertz CT molecular complexity index is 258. The fraction of sp³-hybridized carbons (Fsp3) is 1.00. The molecule has 110 valence electrons. The minimum atomic E-state index is -2.09. The zero-order valence-corrected chi connectivity index (χ0v) is 14.4. The van der Waals surface area contributed by atoms with E-state index in [-0.39, 0.29) is 0 Å². The van der Waals surface area contributed by atoms with E-state index < -0.39 is 15.0 Å². The van der Waals surface area contributed by atoms with Gasteiger partial charge in [0.25, 0.3) is 0 Å². The molecule has 0 radical (unpaired) electrons. The van der Waals surface area contributed by atoms with Crippen molar-refractivity contribution in [1.29, 1.82) is 0 Å². The van der Waals surface area contributed by atoms with E-state index in [9.17, 15) is 9.79 Å². The zero-order chi connectivity index (χ0) is 13.6. The first-order chi connectivity index (χ1) is 8.30. The van der Waals surface area contributed by atoms with E-state index in [2.05, 4.69) is 27.7 Å². The first kappa shape index (κ1) is 15.2. The Morgan fingerprint density at radius 3 is 1.11 bits per heavy atom. The van der Waals surface area contributed by atoms with Crippen molar-refractivity contribution in [3.63, 3.8) is 0 Å². The van der Waals surface area contributed by atoms with Crippen molar-refractivity contribution in [2.45, 2.75) is 76.0 Å². The van der Waals surface area contributed by atoms with Crippen molar-refractivity contribution in [1.82, 2.24) is 0 Å². The van der Waals surface area contributed by atoms with E-state index >= 15 is 0 Å². The topological polar surface area (TPSA) is 40.5 Å². The molecular weight excluding hydrogens is 262 g/mol. The molecule has 2 nitrogen and oxygen atoms in total. The van der Waals surface area contributed by atoms with Crippen molar-refractivity contribution in [3.05, 3.63) is 0 Å². The average molecular weight is 294 g/mol. The molecule has 0 saturated carbocycles. The molecule has 4 atom stereocenters. The molecule has 0 bridgehead atoms. The molecule has 2 saturated heterocycles. The van der Waals surface area contributed by atoms with Gasteiger partial charge in [0.2, 0.25) is 0 Å². The molecule has 18 heavy (non-hydrogen) atoms. The molecule has 4 heteroatoms. The monoisotopic (exact) mass is 294 g/mol. The third-order valence-electron chi connectivity index (χ3n) is 6.40. The van der Waals surface area contributed by atoms with Crippen LogP contribution < -0.4 is 0 Å². The van der Waals surface area contributed by atoms with Crippen LogP contribution >= 0.6 is 15.0 Å². The van der Waals surface area contributed by atoms with Crippen LogP contribution in [0.3, 0.4) is 0 Å². The third-order valence-corrected chi connectivity index (χ3v) is 17.0. The number of hydrogen-bond acceptors (Lipinski definition) is 2. The number of hydrogen-bond donors (Lipinski definition) is 2. The van der Waals surface area contributed by atoms with Gasteiger partial charge in [-0.2, -0.15) is 0 Å². The summed E-state index contributed by atoms with van der Waals surface area (Å²) in [7, 11) is -4.18. The molecule has 2 rings (SSSR count). The van der Waals surface area contributed by atoms with Crippen molar-refractivity contribution in [2.75, 3.05) is 12.3 Å². The van der Waals surface area contributed by atoms with Gasteiger partial charge in [-0.05, 0) is 0 Å². The van der Waals surface area contributed by atoms with Gasteiger partial charge in [-0.25, -0.2) is 0 Å². The Balaban J connectivity index is 2.03. The van der Waals surface area contributed by atoms with Crippen LogP contribution in [0.15, 0.2) is 0 Å². The third kappa shape index (κ3) is 2.39. The molecule has 0 aromatic carbocycles. The van der Waals surface area contributed by atoms with E-state index in [0.29, 0.717) is 22.6 Å².